The molecule has 0 aromatic carbocycles. The highest BCUT2D eigenvalue weighted by molar-refractivity contribution is 5.71. The molecular formula is C51H77N20+5. The van der Waals surface area contributed by atoms with Gasteiger partial charge in [0.1, 0.15) is 5.69 Å². The summed E-state index contributed by atoms with van der Waals surface area (Å²) in [6.07, 6.45) is 6.95. The molecule has 10 aromatic rings. The number of rotatable bonds is 5. The van der Waals surface area contributed by atoms with Crippen LogP contribution in [0.1, 0.15) is 98.2 Å². The third-order valence-corrected chi connectivity index (χ3v) is 13.9. The van der Waals surface area contributed by atoms with Crippen molar-refractivity contribution in [3.05, 3.63) is 88.6 Å². The van der Waals surface area contributed by atoms with E-state index in [1.165, 1.54) is 29.1 Å². The molecule has 0 saturated carbocycles. The summed E-state index contributed by atoms with van der Waals surface area (Å²) in [7, 11) is 10.2. The summed E-state index contributed by atoms with van der Waals surface area (Å²) in [6, 6.07) is 0. The first-order valence-electron chi connectivity index (χ1n) is 24.6. The molecule has 20 heteroatoms. The summed E-state index contributed by atoms with van der Waals surface area (Å²) in [5, 5.41) is 0. The topological polar surface area (TPSA) is 173 Å². The van der Waals surface area contributed by atoms with Crippen LogP contribution in [0.3, 0.4) is 0 Å². The highest BCUT2D eigenvalue weighted by Crippen LogP contribution is 2.16. The van der Waals surface area contributed by atoms with Crippen LogP contribution in [-0.2, 0) is 68.0 Å². The van der Waals surface area contributed by atoms with Crippen molar-refractivity contribution in [2.45, 2.75) is 144 Å². The minimum absolute atomic E-state index is 0.824. The molecular weight excluding hydrogens is 893 g/mol. The largest absolute Gasteiger partial charge is 0.322 e. The minimum Gasteiger partial charge on any atom is -0.259 e. The molecule has 376 valence electrons. The lowest BCUT2D eigenvalue weighted by molar-refractivity contribution is -0.676. The molecule has 0 amide bonds. The Morgan fingerprint density at radius 1 is 0.408 bits per heavy atom. The van der Waals surface area contributed by atoms with E-state index < -0.39 is 0 Å². The highest BCUT2D eigenvalue weighted by Gasteiger charge is 2.24. The number of aryl methyl sites for hydroxylation is 16. The summed E-state index contributed by atoms with van der Waals surface area (Å²) in [4.78, 5) is 43.6. The first kappa shape index (κ1) is 53.1. The van der Waals surface area contributed by atoms with Crippen LogP contribution in [0.5, 0.6) is 0 Å². The fourth-order valence-corrected chi connectivity index (χ4v) is 9.34. The molecule has 0 bridgehead atoms. The van der Waals surface area contributed by atoms with Gasteiger partial charge < -0.3 is 0 Å². The molecule has 0 saturated heterocycles. The third kappa shape index (κ3) is 9.93. The molecule has 0 aliphatic rings. The van der Waals surface area contributed by atoms with Gasteiger partial charge in [-0.05, 0) is 62.3 Å². The van der Waals surface area contributed by atoms with E-state index >= 15 is 0 Å². The van der Waals surface area contributed by atoms with Gasteiger partial charge in [-0.2, -0.15) is 0 Å². The average molecular weight is 970 g/mol. The molecule has 0 N–H and O–H groups in total. The Hall–Kier alpha value is -7.25. The summed E-state index contributed by atoms with van der Waals surface area (Å²) in [5.41, 5.74) is 14.6. The molecule has 20 nitrogen and oxygen atoms in total. The molecule has 0 aliphatic carbocycles. The van der Waals surface area contributed by atoms with Gasteiger partial charge in [0.15, 0.2) is 34.7 Å². The van der Waals surface area contributed by atoms with Gasteiger partial charge in [0, 0.05) is 48.5 Å². The van der Waals surface area contributed by atoms with Crippen LogP contribution < -0.4 is 22.8 Å². The predicted molar refractivity (Wildman–Crippen MR) is 274 cm³/mol. The second kappa shape index (κ2) is 21.8. The first-order valence-corrected chi connectivity index (χ1v) is 24.6. The highest BCUT2D eigenvalue weighted by atomic mass is 15.2. The van der Waals surface area contributed by atoms with Crippen LogP contribution in [0.25, 0.3) is 55.9 Å². The number of aromatic nitrogens is 20. The Bertz CT molecular complexity index is 3540. The quantitative estimate of drug-likeness (QED) is 0.219. The molecule has 0 fully saturated rings. The second-order valence-electron chi connectivity index (χ2n) is 17.8. The second-order valence-corrected chi connectivity index (χ2v) is 17.8. The minimum atomic E-state index is 0.824. The zero-order valence-electron chi connectivity index (χ0n) is 46.3. The van der Waals surface area contributed by atoms with Gasteiger partial charge in [0.05, 0.1) is 97.4 Å². The Morgan fingerprint density at radius 2 is 0.887 bits per heavy atom. The third-order valence-electron chi connectivity index (χ3n) is 13.9. The molecule has 0 spiro atoms. The van der Waals surface area contributed by atoms with Crippen LogP contribution in [0, 0.1) is 76.2 Å². The number of nitrogens with zero attached hydrogens (tertiary/aromatic N) is 20. The molecule has 10 heterocycles. The van der Waals surface area contributed by atoms with E-state index in [1.807, 2.05) is 75.1 Å². The van der Waals surface area contributed by atoms with Gasteiger partial charge in [0.2, 0.25) is 40.8 Å². The Morgan fingerprint density at radius 3 is 1.46 bits per heavy atom. The van der Waals surface area contributed by atoms with E-state index in [0.717, 1.165) is 123 Å². The van der Waals surface area contributed by atoms with E-state index in [4.69, 9.17) is 0 Å². The molecule has 10 rings (SSSR count). The lowest BCUT2D eigenvalue weighted by Gasteiger charge is -1.95. The Balaban J connectivity index is 0.000000145. The number of hydrogen-bond donors (Lipinski definition) is 0. The molecule has 0 atom stereocenters. The predicted octanol–water partition coefficient (Wildman–Crippen LogP) is 4.77. The normalized spacial score (nSPS) is 11.2. The van der Waals surface area contributed by atoms with Gasteiger partial charge in [-0.3, -0.25) is 18.3 Å². The van der Waals surface area contributed by atoms with Crippen molar-refractivity contribution in [3.8, 4) is 0 Å². The van der Waals surface area contributed by atoms with Gasteiger partial charge in [-0.25, -0.2) is 52.3 Å². The van der Waals surface area contributed by atoms with Gasteiger partial charge in [0.25, 0.3) is 5.65 Å². The number of fused-ring (bicyclic) bond motifs is 5. The van der Waals surface area contributed by atoms with Crippen molar-refractivity contribution in [3.63, 3.8) is 0 Å². The summed E-state index contributed by atoms with van der Waals surface area (Å²) in [5.74, 6) is 7.71. The molecule has 71 heavy (non-hydrogen) atoms. The summed E-state index contributed by atoms with van der Waals surface area (Å²) >= 11 is 0. The average Bonchev–Trinajstić information content (AvgIpc) is 4.01. The van der Waals surface area contributed by atoms with E-state index in [0.29, 0.717) is 0 Å². The molecule has 0 radical (unpaired) electrons. The van der Waals surface area contributed by atoms with Crippen LogP contribution in [0.4, 0.5) is 0 Å². The number of imidazole rings is 5. The van der Waals surface area contributed by atoms with Crippen molar-refractivity contribution < 1.29 is 22.8 Å². The fourth-order valence-electron chi connectivity index (χ4n) is 9.34. The molecule has 0 unspecified atom stereocenters. The maximum absolute atomic E-state index is 4.61. The Labute approximate surface area is 417 Å². The van der Waals surface area contributed by atoms with Crippen molar-refractivity contribution >= 4 is 55.9 Å². The van der Waals surface area contributed by atoms with Gasteiger partial charge in [-0.15, -0.1) is 4.98 Å². The summed E-state index contributed by atoms with van der Waals surface area (Å²) in [6.45, 7) is 37.8. The monoisotopic (exact) mass is 970 g/mol. The van der Waals surface area contributed by atoms with Crippen LogP contribution >= 0.6 is 0 Å². The first-order chi connectivity index (χ1) is 33.7. The van der Waals surface area contributed by atoms with Crippen LogP contribution in [-0.4, -0.2) is 72.7 Å². The smallest absolute Gasteiger partial charge is 0.259 e. The van der Waals surface area contributed by atoms with Crippen LogP contribution in [0.15, 0.2) is 25.0 Å². The summed E-state index contributed by atoms with van der Waals surface area (Å²) < 4.78 is 21.6. The van der Waals surface area contributed by atoms with Gasteiger partial charge in [-0.1, -0.05) is 19.9 Å². The van der Waals surface area contributed by atoms with Crippen LogP contribution in [0.2, 0.25) is 0 Å². The van der Waals surface area contributed by atoms with Crippen molar-refractivity contribution in [2.75, 3.05) is 0 Å². The standard InChI is InChI=1S/2C11H17N4.2C10H15N4.C9H13N4/c1-6-15-9(4)14(5)10-7(2)12-8(3)13-11(10)15;1-6-15-9(4)14(5)10-11(15)13-8(3)7(2)12-10;1-5-14-8(3)13(4)9-7(2)11-6-12-10(9)14;1-5-14-8(3)13(4)9-6-11-7(2)12-10(9)14;1-4-13-7(2)12(3)8-5-10-6-11-9(8)13/h2*6H2,1-5H3;2*6H,5H2,1-4H3;5-6H,4H2,1-3H3/q5*+1. The lowest BCUT2D eigenvalue weighted by Crippen LogP contribution is -2.35. The van der Waals surface area contributed by atoms with Crippen molar-refractivity contribution in [1.29, 1.82) is 0 Å². The van der Waals surface area contributed by atoms with E-state index in [-0.39, 0.29) is 0 Å². The fraction of sp³-hybridized carbons (Fsp3) is 0.510. The van der Waals surface area contributed by atoms with E-state index in [2.05, 4.69) is 179 Å². The molecule has 0 aliphatic heterocycles. The molecule has 10 aromatic heterocycles. The van der Waals surface area contributed by atoms with Crippen molar-refractivity contribution in [1.82, 2.24) is 72.7 Å². The van der Waals surface area contributed by atoms with E-state index in [1.54, 1.807) is 12.7 Å². The zero-order chi connectivity index (χ0) is 52.3. The maximum atomic E-state index is 4.61. The zero-order valence-corrected chi connectivity index (χ0v) is 46.3. The Kier molecular flexibility index (Phi) is 16.3. The van der Waals surface area contributed by atoms with E-state index in [9.17, 15) is 0 Å². The lowest BCUT2D eigenvalue weighted by atomic mass is 10.3. The maximum Gasteiger partial charge on any atom is 0.322 e. The van der Waals surface area contributed by atoms with Gasteiger partial charge >= 0.3 is 28.2 Å². The van der Waals surface area contributed by atoms with Crippen molar-refractivity contribution in [2.24, 2.45) is 35.2 Å². The SMILES string of the molecule is CC[n+]1c(C)n(C)c2c(C)nc(C)nc21.CC[n+]1c(C)n(C)c2c(C)ncnc21.CC[n+]1c(C)n(C)c2cnc(C)nc21.CC[n+]1c(C)n(C)c2cncnc21.CCn1c(C)[n+](C)c2nc(C)c(C)nc21. The number of hydrogen-bond acceptors (Lipinski definition) is 10.